The number of hydrogen-bond acceptors (Lipinski definition) is 7. The number of nitrogens with two attached hydrogens (primary N) is 1. The van der Waals surface area contributed by atoms with Crippen molar-refractivity contribution in [1.29, 1.82) is 0 Å². The summed E-state index contributed by atoms with van der Waals surface area (Å²) >= 11 is 0. The van der Waals surface area contributed by atoms with Crippen LogP contribution in [-0.4, -0.2) is 35.6 Å². The maximum Gasteiger partial charge on any atom is 0.243 e. The third-order valence-corrected chi connectivity index (χ3v) is 3.89. The molecule has 0 radical (unpaired) electrons. The summed E-state index contributed by atoms with van der Waals surface area (Å²) in [6.45, 7) is 3.21. The van der Waals surface area contributed by atoms with E-state index in [2.05, 4.69) is 32.6 Å². The Kier molecular flexibility index (Phi) is 4.59. The summed E-state index contributed by atoms with van der Waals surface area (Å²) in [5.74, 6) is 6.94. The Labute approximate surface area is 120 Å². The lowest BCUT2D eigenvalue weighted by Gasteiger charge is -2.33. The maximum atomic E-state index is 5.40. The number of rotatable bonds is 5. The molecule has 0 aliphatic heterocycles. The van der Waals surface area contributed by atoms with Crippen LogP contribution in [-0.2, 0) is 0 Å². The molecule has 1 heterocycles. The van der Waals surface area contributed by atoms with Gasteiger partial charge in [0.05, 0.1) is 0 Å². The average Bonchev–Trinajstić information content (AvgIpc) is 2.45. The van der Waals surface area contributed by atoms with Gasteiger partial charge in [0.1, 0.15) is 0 Å². The number of hydrazine groups is 1. The fourth-order valence-corrected chi connectivity index (χ4v) is 2.58. The zero-order valence-electron chi connectivity index (χ0n) is 12.6. The quantitative estimate of drug-likeness (QED) is 0.557. The minimum Gasteiger partial charge on any atom is -0.353 e. The second-order valence-electron chi connectivity index (χ2n) is 6.05. The number of nitrogen functional groups attached to an aromatic ring is 1. The van der Waals surface area contributed by atoms with Crippen LogP contribution in [0.3, 0.4) is 0 Å². The van der Waals surface area contributed by atoms with Crippen molar-refractivity contribution >= 4 is 17.8 Å². The zero-order valence-corrected chi connectivity index (χ0v) is 12.6. The van der Waals surface area contributed by atoms with Gasteiger partial charge >= 0.3 is 0 Å². The molecule has 1 aromatic rings. The first kappa shape index (κ1) is 14.8. The van der Waals surface area contributed by atoms with E-state index in [1.165, 1.54) is 32.1 Å². The fourth-order valence-electron chi connectivity index (χ4n) is 2.58. The number of nitrogens with one attached hydrogen (secondary N) is 2. The third kappa shape index (κ3) is 3.69. The van der Waals surface area contributed by atoms with E-state index < -0.39 is 0 Å². The molecule has 0 unspecified atom stereocenters. The van der Waals surface area contributed by atoms with E-state index in [-0.39, 0.29) is 0 Å². The highest BCUT2D eigenvalue weighted by Crippen LogP contribution is 2.35. The smallest absolute Gasteiger partial charge is 0.243 e. The van der Waals surface area contributed by atoms with Gasteiger partial charge in [-0.05, 0) is 18.3 Å². The molecule has 0 spiro atoms. The first-order valence-electron chi connectivity index (χ1n) is 7.16. The molecule has 4 N–H and O–H groups in total. The molecular formula is C13H25N7. The second-order valence-corrected chi connectivity index (χ2v) is 6.05. The van der Waals surface area contributed by atoms with Crippen LogP contribution in [0.15, 0.2) is 0 Å². The largest absolute Gasteiger partial charge is 0.353 e. The zero-order chi connectivity index (χ0) is 14.6. The van der Waals surface area contributed by atoms with Gasteiger partial charge in [-0.15, -0.1) is 0 Å². The van der Waals surface area contributed by atoms with E-state index in [1.54, 1.807) is 0 Å². The average molecular weight is 279 g/mol. The van der Waals surface area contributed by atoms with Crippen LogP contribution in [0.5, 0.6) is 0 Å². The molecule has 1 saturated carbocycles. The van der Waals surface area contributed by atoms with Crippen molar-refractivity contribution in [2.45, 2.75) is 39.0 Å². The Morgan fingerprint density at radius 3 is 2.35 bits per heavy atom. The molecule has 0 amide bonds. The Morgan fingerprint density at radius 2 is 1.75 bits per heavy atom. The monoisotopic (exact) mass is 279 g/mol. The summed E-state index contributed by atoms with van der Waals surface area (Å²) in [7, 11) is 3.78. The van der Waals surface area contributed by atoms with Crippen molar-refractivity contribution in [2.75, 3.05) is 36.3 Å². The van der Waals surface area contributed by atoms with Crippen molar-refractivity contribution < 1.29 is 0 Å². The minimum absolute atomic E-state index is 0.333. The molecule has 1 aliphatic rings. The Morgan fingerprint density at radius 1 is 1.10 bits per heavy atom. The molecule has 7 heteroatoms. The van der Waals surface area contributed by atoms with Crippen LogP contribution in [0.4, 0.5) is 17.8 Å². The number of anilines is 3. The molecule has 2 rings (SSSR count). The lowest BCUT2D eigenvalue weighted by Crippen LogP contribution is -2.30. The molecule has 7 nitrogen and oxygen atoms in total. The number of hydrogen-bond donors (Lipinski definition) is 3. The summed E-state index contributed by atoms with van der Waals surface area (Å²) < 4.78 is 0. The summed E-state index contributed by atoms with van der Waals surface area (Å²) in [5.41, 5.74) is 2.81. The van der Waals surface area contributed by atoms with Gasteiger partial charge in [-0.25, -0.2) is 5.84 Å². The molecular weight excluding hydrogens is 254 g/mol. The van der Waals surface area contributed by atoms with Crippen molar-refractivity contribution in [3.05, 3.63) is 0 Å². The van der Waals surface area contributed by atoms with E-state index in [4.69, 9.17) is 5.84 Å². The standard InChI is InChI=1S/C13H25N7/c1-13(7-5-4-6-8-13)9-15-10-16-11(19-14)18-12(17-10)20(2)3/h4-9,14H2,1-3H3,(H2,15,16,17,18,19). The first-order chi connectivity index (χ1) is 9.52. The summed E-state index contributed by atoms with van der Waals surface area (Å²) in [6.07, 6.45) is 6.50. The van der Waals surface area contributed by atoms with Crippen LogP contribution in [0.1, 0.15) is 39.0 Å². The lowest BCUT2D eigenvalue weighted by atomic mass is 9.76. The van der Waals surface area contributed by atoms with Gasteiger partial charge in [-0.2, -0.15) is 15.0 Å². The molecule has 0 saturated heterocycles. The molecule has 1 fully saturated rings. The van der Waals surface area contributed by atoms with E-state index in [0.717, 1.165) is 6.54 Å². The Bertz CT molecular complexity index is 440. The van der Waals surface area contributed by atoms with Gasteiger partial charge in [-0.3, -0.25) is 5.43 Å². The summed E-state index contributed by atoms with van der Waals surface area (Å²) in [6, 6.07) is 0. The normalized spacial score (nSPS) is 17.6. The SMILES string of the molecule is CN(C)c1nc(NN)nc(NCC2(C)CCCCC2)n1. The lowest BCUT2D eigenvalue weighted by molar-refractivity contribution is 0.233. The van der Waals surface area contributed by atoms with Crippen molar-refractivity contribution in [3.63, 3.8) is 0 Å². The van der Waals surface area contributed by atoms with Crippen LogP contribution < -0.4 is 21.5 Å². The molecule has 1 aliphatic carbocycles. The van der Waals surface area contributed by atoms with Gasteiger partial charge in [0.2, 0.25) is 17.8 Å². The van der Waals surface area contributed by atoms with Crippen molar-refractivity contribution in [1.82, 2.24) is 15.0 Å². The molecule has 112 valence electrons. The topological polar surface area (TPSA) is 92.0 Å². The second kappa shape index (κ2) is 6.21. The van der Waals surface area contributed by atoms with Crippen molar-refractivity contribution in [3.8, 4) is 0 Å². The summed E-state index contributed by atoms with van der Waals surface area (Å²) in [5, 5.41) is 3.34. The predicted octanol–water partition coefficient (Wildman–Crippen LogP) is 1.61. The highest BCUT2D eigenvalue weighted by Gasteiger charge is 2.26. The first-order valence-corrected chi connectivity index (χ1v) is 7.16. The number of nitrogens with zero attached hydrogens (tertiary/aromatic N) is 4. The molecule has 0 aromatic carbocycles. The van der Waals surface area contributed by atoms with Gasteiger partial charge in [0.15, 0.2) is 0 Å². The molecule has 0 bridgehead atoms. The molecule has 1 aromatic heterocycles. The highest BCUT2D eigenvalue weighted by molar-refractivity contribution is 5.42. The highest BCUT2D eigenvalue weighted by atomic mass is 15.4. The van der Waals surface area contributed by atoms with E-state index in [0.29, 0.717) is 23.3 Å². The van der Waals surface area contributed by atoms with Crippen LogP contribution in [0, 0.1) is 5.41 Å². The Balaban J connectivity index is 2.06. The van der Waals surface area contributed by atoms with E-state index >= 15 is 0 Å². The van der Waals surface area contributed by atoms with E-state index in [9.17, 15) is 0 Å². The summed E-state index contributed by atoms with van der Waals surface area (Å²) in [4.78, 5) is 14.7. The van der Waals surface area contributed by atoms with Gasteiger partial charge in [0.25, 0.3) is 0 Å². The molecule has 20 heavy (non-hydrogen) atoms. The fraction of sp³-hybridized carbons (Fsp3) is 0.769. The van der Waals surface area contributed by atoms with Gasteiger partial charge in [0, 0.05) is 20.6 Å². The Hall–Kier alpha value is -1.63. The number of aromatic nitrogens is 3. The maximum absolute atomic E-state index is 5.40. The van der Waals surface area contributed by atoms with E-state index in [1.807, 2.05) is 19.0 Å². The van der Waals surface area contributed by atoms with Crippen LogP contribution in [0.2, 0.25) is 0 Å². The predicted molar refractivity (Wildman–Crippen MR) is 81.6 cm³/mol. The minimum atomic E-state index is 0.333. The van der Waals surface area contributed by atoms with Crippen molar-refractivity contribution in [2.24, 2.45) is 11.3 Å². The third-order valence-electron chi connectivity index (χ3n) is 3.89. The van der Waals surface area contributed by atoms with Gasteiger partial charge in [-0.1, -0.05) is 26.2 Å². The molecule has 0 atom stereocenters. The van der Waals surface area contributed by atoms with Crippen LogP contribution >= 0.6 is 0 Å². The van der Waals surface area contributed by atoms with Gasteiger partial charge < -0.3 is 10.2 Å². The van der Waals surface area contributed by atoms with Crippen LogP contribution in [0.25, 0.3) is 0 Å².